The summed E-state index contributed by atoms with van der Waals surface area (Å²) in [4.78, 5) is 35.3. The largest absolute Gasteiger partial charge is 0.505 e. The number of fused-ring (bicyclic) bond motifs is 1. The van der Waals surface area contributed by atoms with Gasteiger partial charge in [-0.15, -0.1) is 11.3 Å². The third-order valence-electron chi connectivity index (χ3n) is 6.41. The van der Waals surface area contributed by atoms with Crippen molar-refractivity contribution in [2.45, 2.75) is 46.6 Å². The molecule has 1 fully saturated rings. The normalized spacial score (nSPS) is 15.7. The van der Waals surface area contributed by atoms with E-state index in [1.54, 1.807) is 34.4 Å². The Morgan fingerprint density at radius 1 is 1.06 bits per heavy atom. The first-order chi connectivity index (χ1) is 17.2. The highest BCUT2D eigenvalue weighted by molar-refractivity contribution is 7.12. The van der Waals surface area contributed by atoms with Gasteiger partial charge in [-0.25, -0.2) is 20.0 Å². The molecule has 1 atom stereocenters. The maximum atomic E-state index is 13.0. The molecule has 3 N–H and O–H groups in total. The SMILES string of the molecule is Cc1ccc([C@H](Nc2nc3c(nc2Nc2cccc(C(=O)N4CCCC4)c2O)=NCN=3)C(C)(C)C)s1. The smallest absolute Gasteiger partial charge is 0.257 e. The van der Waals surface area contributed by atoms with E-state index < -0.39 is 0 Å². The molecule has 188 valence electrons. The number of amides is 1. The molecule has 2 aromatic heterocycles. The van der Waals surface area contributed by atoms with Gasteiger partial charge in [-0.3, -0.25) is 4.79 Å². The highest BCUT2D eigenvalue weighted by Crippen LogP contribution is 2.40. The van der Waals surface area contributed by atoms with Gasteiger partial charge in [0.2, 0.25) is 0 Å². The summed E-state index contributed by atoms with van der Waals surface area (Å²) in [5, 5.41) is 17.8. The van der Waals surface area contributed by atoms with Crippen LogP contribution in [0.1, 0.15) is 59.8 Å². The Morgan fingerprint density at radius 2 is 1.75 bits per heavy atom. The van der Waals surface area contributed by atoms with E-state index in [4.69, 9.17) is 4.98 Å². The number of aromatic hydroxyl groups is 1. The summed E-state index contributed by atoms with van der Waals surface area (Å²) in [5.74, 6) is 0.654. The van der Waals surface area contributed by atoms with Crippen LogP contribution in [0.4, 0.5) is 17.3 Å². The lowest BCUT2D eigenvalue weighted by molar-refractivity contribution is 0.0790. The summed E-state index contributed by atoms with van der Waals surface area (Å²) in [6.45, 7) is 10.3. The first-order valence-corrected chi connectivity index (χ1v) is 13.0. The average Bonchev–Trinajstić information content (AvgIpc) is 3.59. The molecule has 0 saturated carbocycles. The zero-order chi connectivity index (χ0) is 25.4. The molecular weight excluding hydrogens is 474 g/mol. The maximum Gasteiger partial charge on any atom is 0.257 e. The molecule has 10 heteroatoms. The minimum absolute atomic E-state index is 0.0425. The average molecular weight is 506 g/mol. The quantitative estimate of drug-likeness (QED) is 0.437. The van der Waals surface area contributed by atoms with Gasteiger partial charge in [0, 0.05) is 22.8 Å². The molecule has 1 saturated heterocycles. The van der Waals surface area contributed by atoms with Crippen LogP contribution in [0.2, 0.25) is 0 Å². The minimum atomic E-state index is -0.165. The van der Waals surface area contributed by atoms with E-state index in [0.717, 1.165) is 12.8 Å². The number of carbonyl (C=O) groups excluding carboxylic acids is 1. The fraction of sp³-hybridized carbons (Fsp3) is 0.423. The number of phenols is 1. The second-order valence-electron chi connectivity index (χ2n) is 10.2. The summed E-state index contributed by atoms with van der Waals surface area (Å²) < 4.78 is 0. The summed E-state index contributed by atoms with van der Waals surface area (Å²) in [6, 6.07) is 9.33. The first-order valence-electron chi connectivity index (χ1n) is 12.2. The van der Waals surface area contributed by atoms with Gasteiger partial charge in [-0.1, -0.05) is 26.8 Å². The maximum absolute atomic E-state index is 13.0. The summed E-state index contributed by atoms with van der Waals surface area (Å²) in [5.41, 5.74) is 1.46. The molecule has 4 heterocycles. The van der Waals surface area contributed by atoms with Gasteiger partial charge in [0.15, 0.2) is 28.4 Å². The van der Waals surface area contributed by atoms with Crippen molar-refractivity contribution in [3.8, 4) is 5.75 Å². The monoisotopic (exact) mass is 505 g/mol. The fourth-order valence-electron chi connectivity index (χ4n) is 4.48. The molecule has 0 radical (unpaired) electrons. The van der Waals surface area contributed by atoms with Gasteiger partial charge in [-0.05, 0) is 49.4 Å². The van der Waals surface area contributed by atoms with Crippen LogP contribution in [0, 0.1) is 12.3 Å². The predicted molar refractivity (Wildman–Crippen MR) is 141 cm³/mol. The van der Waals surface area contributed by atoms with Crippen molar-refractivity contribution in [1.29, 1.82) is 0 Å². The summed E-state index contributed by atoms with van der Waals surface area (Å²) in [7, 11) is 0. The van der Waals surface area contributed by atoms with Gasteiger partial charge >= 0.3 is 0 Å². The van der Waals surface area contributed by atoms with Crippen LogP contribution in [-0.4, -0.2) is 45.6 Å². The van der Waals surface area contributed by atoms with Crippen LogP contribution in [0.5, 0.6) is 5.75 Å². The van der Waals surface area contributed by atoms with E-state index in [9.17, 15) is 9.90 Å². The number of nitrogens with zero attached hydrogens (tertiary/aromatic N) is 5. The van der Waals surface area contributed by atoms with Gasteiger partial charge < -0.3 is 20.6 Å². The second kappa shape index (κ2) is 9.50. The Morgan fingerprint density at radius 3 is 2.39 bits per heavy atom. The third kappa shape index (κ3) is 4.77. The molecule has 0 aliphatic carbocycles. The zero-order valence-corrected chi connectivity index (χ0v) is 21.8. The van der Waals surface area contributed by atoms with Gasteiger partial charge in [-0.2, -0.15) is 0 Å². The van der Waals surface area contributed by atoms with E-state index in [-0.39, 0.29) is 35.3 Å². The van der Waals surface area contributed by atoms with Crippen LogP contribution < -0.4 is 21.6 Å². The molecule has 9 nitrogen and oxygen atoms in total. The standard InChI is InChI=1S/C26H31N7O2S/c1-15-10-11-18(36-15)20(26(2,3)4)30-24-23(31-21-22(32-24)28-14-27-21)29-17-9-7-8-16(19(17)34)25(35)33-12-5-6-13-33/h7-11,20,34H,5-6,12-14H2,1-4H3,(H,27,29,31)(H,28,30,32)/t20-/m0/s1. The predicted octanol–water partition coefficient (Wildman–Crippen LogP) is 3.94. The van der Waals surface area contributed by atoms with Crippen molar-refractivity contribution in [1.82, 2.24) is 14.9 Å². The summed E-state index contributed by atoms with van der Waals surface area (Å²) in [6.07, 6.45) is 1.97. The fourth-order valence-corrected chi connectivity index (χ4v) is 5.66. The number of benzene rings is 1. The molecule has 1 amide bonds. The number of phenolic OH excluding ortho intramolecular Hbond substituents is 1. The number of hydrogen-bond donors (Lipinski definition) is 3. The van der Waals surface area contributed by atoms with Crippen LogP contribution in [0.15, 0.2) is 40.3 Å². The molecule has 36 heavy (non-hydrogen) atoms. The van der Waals surface area contributed by atoms with Gasteiger partial charge in [0.1, 0.15) is 6.67 Å². The van der Waals surface area contributed by atoms with Crippen molar-refractivity contribution < 1.29 is 9.90 Å². The Kier molecular flexibility index (Phi) is 6.38. The second-order valence-corrected chi connectivity index (χ2v) is 11.6. The molecule has 2 aliphatic heterocycles. The molecule has 0 bridgehead atoms. The van der Waals surface area contributed by atoms with E-state index in [2.05, 4.69) is 65.4 Å². The lowest BCUT2D eigenvalue weighted by Gasteiger charge is -2.31. The van der Waals surface area contributed by atoms with E-state index >= 15 is 0 Å². The first kappa shape index (κ1) is 24.2. The Labute approximate surface area is 214 Å². The molecule has 3 aromatic rings. The topological polar surface area (TPSA) is 115 Å². The van der Waals surface area contributed by atoms with Crippen LogP contribution in [0.25, 0.3) is 0 Å². The number of nitrogens with one attached hydrogen (secondary N) is 2. The number of likely N-dealkylation sites (tertiary alicyclic amines) is 1. The van der Waals surface area contributed by atoms with Crippen LogP contribution in [-0.2, 0) is 0 Å². The lowest BCUT2D eigenvalue weighted by atomic mass is 9.86. The van der Waals surface area contributed by atoms with Crippen molar-refractivity contribution in [2.75, 3.05) is 30.4 Å². The third-order valence-corrected chi connectivity index (χ3v) is 7.47. The van der Waals surface area contributed by atoms with Gasteiger partial charge in [0.25, 0.3) is 5.91 Å². The van der Waals surface area contributed by atoms with Crippen LogP contribution in [0.3, 0.4) is 0 Å². The molecule has 0 unspecified atom stereocenters. The van der Waals surface area contributed by atoms with Crippen molar-refractivity contribution in [3.05, 3.63) is 56.6 Å². The summed E-state index contributed by atoms with van der Waals surface area (Å²) >= 11 is 1.74. The number of anilines is 3. The molecule has 2 aliphatic rings. The zero-order valence-electron chi connectivity index (χ0n) is 21.0. The van der Waals surface area contributed by atoms with E-state index in [0.29, 0.717) is 41.4 Å². The molecular formula is C26H31N7O2S. The number of thiophene rings is 1. The number of aromatic nitrogens is 2. The molecule has 1 aromatic carbocycles. The Balaban J connectivity index is 1.52. The van der Waals surface area contributed by atoms with Crippen LogP contribution >= 0.6 is 11.3 Å². The number of rotatable bonds is 6. The van der Waals surface area contributed by atoms with Gasteiger partial charge in [0.05, 0.1) is 17.3 Å². The molecule has 0 spiro atoms. The lowest BCUT2D eigenvalue weighted by Crippen LogP contribution is -2.33. The van der Waals surface area contributed by atoms with E-state index in [1.807, 2.05) is 0 Å². The Hall–Kier alpha value is -3.53. The van der Waals surface area contributed by atoms with Crippen molar-refractivity contribution in [2.24, 2.45) is 15.4 Å². The molecule has 5 rings (SSSR count). The van der Waals surface area contributed by atoms with E-state index in [1.165, 1.54) is 9.75 Å². The highest BCUT2D eigenvalue weighted by Gasteiger charge is 2.30. The number of aryl methyl sites for hydroxylation is 1. The van der Waals surface area contributed by atoms with Crippen molar-refractivity contribution >= 4 is 34.6 Å². The number of para-hydroxylation sites is 1. The number of hydrogen-bond acceptors (Lipinski definition) is 9. The number of carbonyl (C=O) groups is 1. The highest BCUT2D eigenvalue weighted by atomic mass is 32.1. The van der Waals surface area contributed by atoms with Crippen molar-refractivity contribution in [3.63, 3.8) is 0 Å². The Bertz CT molecular complexity index is 1420. The minimum Gasteiger partial charge on any atom is -0.505 e.